The molecule has 0 atom stereocenters. The van der Waals surface area contributed by atoms with Crippen LogP contribution in [0, 0.1) is 0 Å². The van der Waals surface area contributed by atoms with Crippen LogP contribution >= 0.6 is 12.4 Å². The number of halogens is 1. The third-order valence-corrected chi connectivity index (χ3v) is 2.95. The molecule has 7 heteroatoms. The van der Waals surface area contributed by atoms with Crippen molar-refractivity contribution in [1.82, 2.24) is 14.9 Å². The Kier molecular flexibility index (Phi) is 6.27. The van der Waals surface area contributed by atoms with Gasteiger partial charge in [0.15, 0.2) is 0 Å². The summed E-state index contributed by atoms with van der Waals surface area (Å²) in [6.07, 6.45) is 1.11. The summed E-state index contributed by atoms with van der Waals surface area (Å²) in [5.74, 6) is -0.0293. The highest BCUT2D eigenvalue weighted by atomic mass is 35.5. The van der Waals surface area contributed by atoms with Crippen LogP contribution in [-0.4, -0.2) is 28.5 Å². The standard InChI is InChI=1S/C13H18N4O2.ClH/c14-7-3-6-12(18)15-8-9-17-11-5-2-1-4-10(11)16-13(17)19;/h1-2,4-5H,3,6-9,14H2,(H,15,18)(H,16,19);1H. The maximum absolute atomic E-state index is 11.8. The Morgan fingerprint density at radius 3 is 2.85 bits per heavy atom. The fourth-order valence-corrected chi connectivity index (χ4v) is 1.99. The highest BCUT2D eigenvalue weighted by molar-refractivity contribution is 5.85. The Morgan fingerprint density at radius 2 is 2.10 bits per heavy atom. The van der Waals surface area contributed by atoms with Crippen molar-refractivity contribution in [2.75, 3.05) is 13.1 Å². The summed E-state index contributed by atoms with van der Waals surface area (Å²) < 4.78 is 1.62. The van der Waals surface area contributed by atoms with E-state index in [9.17, 15) is 9.59 Å². The molecule has 0 bridgehead atoms. The highest BCUT2D eigenvalue weighted by Gasteiger charge is 2.06. The molecular weight excluding hydrogens is 280 g/mol. The molecule has 0 radical (unpaired) electrons. The molecule has 6 nitrogen and oxygen atoms in total. The lowest BCUT2D eigenvalue weighted by atomic mass is 10.3. The van der Waals surface area contributed by atoms with Crippen molar-refractivity contribution in [3.8, 4) is 0 Å². The smallest absolute Gasteiger partial charge is 0.326 e. The fourth-order valence-electron chi connectivity index (χ4n) is 1.99. The molecule has 1 aromatic carbocycles. The molecule has 0 fully saturated rings. The van der Waals surface area contributed by atoms with Gasteiger partial charge in [0.05, 0.1) is 11.0 Å². The second-order valence-corrected chi connectivity index (χ2v) is 4.34. The topological polar surface area (TPSA) is 92.9 Å². The Morgan fingerprint density at radius 1 is 1.35 bits per heavy atom. The highest BCUT2D eigenvalue weighted by Crippen LogP contribution is 2.08. The minimum atomic E-state index is -0.155. The second kappa shape index (κ2) is 7.72. The lowest BCUT2D eigenvalue weighted by molar-refractivity contribution is -0.121. The quantitative estimate of drug-likeness (QED) is 0.729. The average molecular weight is 299 g/mol. The van der Waals surface area contributed by atoms with Crippen molar-refractivity contribution in [2.45, 2.75) is 19.4 Å². The number of fused-ring (bicyclic) bond motifs is 1. The summed E-state index contributed by atoms with van der Waals surface area (Å²) in [6, 6.07) is 7.49. The van der Waals surface area contributed by atoms with Gasteiger partial charge in [-0.2, -0.15) is 0 Å². The zero-order valence-corrected chi connectivity index (χ0v) is 11.9. The number of nitrogens with two attached hydrogens (primary N) is 1. The van der Waals surface area contributed by atoms with Gasteiger partial charge in [-0.3, -0.25) is 9.36 Å². The summed E-state index contributed by atoms with van der Waals surface area (Å²) in [5, 5.41) is 2.78. The van der Waals surface area contributed by atoms with Crippen LogP contribution in [0.5, 0.6) is 0 Å². The molecular formula is C13H19ClN4O2. The van der Waals surface area contributed by atoms with E-state index in [1.807, 2.05) is 24.3 Å². The molecule has 110 valence electrons. The number of amides is 1. The van der Waals surface area contributed by atoms with E-state index in [4.69, 9.17) is 5.73 Å². The van der Waals surface area contributed by atoms with Gasteiger partial charge in [0.2, 0.25) is 5.91 Å². The lowest BCUT2D eigenvalue weighted by Gasteiger charge is -2.05. The predicted octanol–water partition coefficient (Wildman–Crippen LogP) is 0.607. The first-order chi connectivity index (χ1) is 9.22. The van der Waals surface area contributed by atoms with Crippen LogP contribution in [0.2, 0.25) is 0 Å². The number of para-hydroxylation sites is 2. The number of benzene rings is 1. The molecule has 0 aliphatic carbocycles. The fraction of sp³-hybridized carbons (Fsp3) is 0.385. The van der Waals surface area contributed by atoms with Crippen LogP contribution in [0.1, 0.15) is 12.8 Å². The number of hydrogen-bond donors (Lipinski definition) is 3. The number of rotatable bonds is 6. The van der Waals surface area contributed by atoms with Crippen LogP contribution in [0.3, 0.4) is 0 Å². The van der Waals surface area contributed by atoms with E-state index in [0.29, 0.717) is 32.5 Å². The van der Waals surface area contributed by atoms with Crippen molar-refractivity contribution >= 4 is 29.3 Å². The molecule has 0 aliphatic rings. The minimum absolute atomic E-state index is 0. The molecule has 1 aromatic heterocycles. The third-order valence-electron chi connectivity index (χ3n) is 2.95. The van der Waals surface area contributed by atoms with Gasteiger partial charge in [-0.1, -0.05) is 12.1 Å². The normalized spacial score (nSPS) is 10.2. The summed E-state index contributed by atoms with van der Waals surface area (Å²) in [5.41, 5.74) is 6.84. The van der Waals surface area contributed by atoms with Crippen LogP contribution in [-0.2, 0) is 11.3 Å². The van der Waals surface area contributed by atoms with E-state index in [-0.39, 0.29) is 24.0 Å². The Labute approximate surface area is 122 Å². The number of aromatic nitrogens is 2. The monoisotopic (exact) mass is 298 g/mol. The second-order valence-electron chi connectivity index (χ2n) is 4.34. The Bertz CT molecular complexity index is 620. The predicted molar refractivity (Wildman–Crippen MR) is 81.1 cm³/mol. The van der Waals surface area contributed by atoms with Gasteiger partial charge in [-0.15, -0.1) is 12.4 Å². The number of carbonyl (C=O) groups excluding carboxylic acids is 1. The number of nitrogens with one attached hydrogen (secondary N) is 2. The molecule has 0 aliphatic heterocycles. The first kappa shape index (κ1) is 16.3. The third kappa shape index (κ3) is 3.85. The van der Waals surface area contributed by atoms with Gasteiger partial charge >= 0.3 is 5.69 Å². The summed E-state index contributed by atoms with van der Waals surface area (Å²) >= 11 is 0. The number of hydrogen-bond acceptors (Lipinski definition) is 3. The number of imidazole rings is 1. The SMILES string of the molecule is Cl.NCCCC(=O)NCCn1c(=O)[nH]c2ccccc21. The maximum Gasteiger partial charge on any atom is 0.326 e. The number of H-pyrrole nitrogens is 1. The molecule has 20 heavy (non-hydrogen) atoms. The maximum atomic E-state index is 11.8. The van der Waals surface area contributed by atoms with Crippen LogP contribution in [0.25, 0.3) is 11.0 Å². The van der Waals surface area contributed by atoms with E-state index in [0.717, 1.165) is 11.0 Å². The van der Waals surface area contributed by atoms with Crippen molar-refractivity contribution in [3.63, 3.8) is 0 Å². The van der Waals surface area contributed by atoms with Gasteiger partial charge in [0, 0.05) is 19.5 Å². The van der Waals surface area contributed by atoms with E-state index >= 15 is 0 Å². The summed E-state index contributed by atoms with van der Waals surface area (Å²) in [4.78, 5) is 26.0. The van der Waals surface area contributed by atoms with Gasteiger partial charge in [-0.25, -0.2) is 4.79 Å². The van der Waals surface area contributed by atoms with E-state index in [1.165, 1.54) is 0 Å². The minimum Gasteiger partial charge on any atom is -0.354 e. The van der Waals surface area contributed by atoms with Gasteiger partial charge in [0.25, 0.3) is 0 Å². The first-order valence-electron chi connectivity index (χ1n) is 6.36. The number of nitrogens with zero attached hydrogens (tertiary/aromatic N) is 1. The van der Waals surface area contributed by atoms with E-state index in [2.05, 4.69) is 10.3 Å². The van der Waals surface area contributed by atoms with Gasteiger partial charge in [0.1, 0.15) is 0 Å². The van der Waals surface area contributed by atoms with Crippen LogP contribution in [0.4, 0.5) is 0 Å². The van der Waals surface area contributed by atoms with Crippen LogP contribution < -0.4 is 16.7 Å². The largest absolute Gasteiger partial charge is 0.354 e. The first-order valence-corrected chi connectivity index (χ1v) is 6.36. The summed E-state index contributed by atoms with van der Waals surface area (Å²) in [6.45, 7) is 1.40. The molecule has 1 heterocycles. The van der Waals surface area contributed by atoms with Crippen molar-refractivity contribution in [3.05, 3.63) is 34.7 Å². The van der Waals surface area contributed by atoms with Crippen molar-refractivity contribution < 1.29 is 4.79 Å². The van der Waals surface area contributed by atoms with E-state index < -0.39 is 0 Å². The summed E-state index contributed by atoms with van der Waals surface area (Å²) in [7, 11) is 0. The molecule has 2 rings (SSSR count). The van der Waals surface area contributed by atoms with Crippen molar-refractivity contribution in [2.24, 2.45) is 5.73 Å². The zero-order valence-electron chi connectivity index (χ0n) is 11.1. The number of carbonyl (C=O) groups is 1. The van der Waals surface area contributed by atoms with Crippen molar-refractivity contribution in [1.29, 1.82) is 0 Å². The molecule has 4 N–H and O–H groups in total. The van der Waals surface area contributed by atoms with Gasteiger partial charge < -0.3 is 16.0 Å². The molecule has 0 saturated heterocycles. The average Bonchev–Trinajstić information content (AvgIpc) is 2.73. The number of aromatic amines is 1. The van der Waals surface area contributed by atoms with E-state index in [1.54, 1.807) is 4.57 Å². The lowest BCUT2D eigenvalue weighted by Crippen LogP contribution is -2.30. The molecule has 2 aromatic rings. The molecule has 0 saturated carbocycles. The van der Waals surface area contributed by atoms with Gasteiger partial charge in [-0.05, 0) is 25.1 Å². The Hall–Kier alpha value is -1.79. The zero-order chi connectivity index (χ0) is 13.7. The molecule has 1 amide bonds. The molecule has 0 unspecified atom stereocenters. The van der Waals surface area contributed by atoms with Crippen LogP contribution in [0.15, 0.2) is 29.1 Å². The Balaban J connectivity index is 0.00000200. The molecule has 0 spiro atoms.